The van der Waals surface area contributed by atoms with Gasteiger partial charge in [0.15, 0.2) is 0 Å². The minimum Gasteiger partial charge on any atom is -0.334 e. The van der Waals surface area contributed by atoms with Crippen LogP contribution in [0.4, 0.5) is 11.4 Å². The van der Waals surface area contributed by atoms with Crippen molar-refractivity contribution in [3.8, 4) is 0 Å². The lowest BCUT2D eigenvalue weighted by Gasteiger charge is -2.06. The highest BCUT2D eigenvalue weighted by atomic mass is 32.2. The number of nitro groups is 1. The fourth-order valence-electron chi connectivity index (χ4n) is 1.46. The summed E-state index contributed by atoms with van der Waals surface area (Å²) in [5, 5.41) is 20.3. The topological polar surface area (TPSA) is 146 Å². The van der Waals surface area contributed by atoms with Crippen LogP contribution in [-0.4, -0.2) is 31.5 Å². The van der Waals surface area contributed by atoms with Crippen molar-refractivity contribution in [3.63, 3.8) is 0 Å². The van der Waals surface area contributed by atoms with Crippen LogP contribution in [0.2, 0.25) is 0 Å². The number of nitrogens with one attached hydrogen (secondary N) is 1. The number of benzene rings is 1. The van der Waals surface area contributed by atoms with Gasteiger partial charge >= 0.3 is 0 Å². The molecule has 1 amide bonds. The third-order valence-electron chi connectivity index (χ3n) is 2.43. The number of amides is 1. The van der Waals surface area contributed by atoms with Crippen LogP contribution in [0.15, 0.2) is 40.4 Å². The Kier molecular flexibility index (Phi) is 4.68. The highest BCUT2D eigenvalue weighted by molar-refractivity contribution is 7.99. The number of nitrogens with two attached hydrogens (primary N) is 1. The second kappa shape index (κ2) is 6.67. The van der Waals surface area contributed by atoms with E-state index in [1.165, 1.54) is 24.3 Å². The summed E-state index contributed by atoms with van der Waals surface area (Å²) in [7, 11) is 0. The molecule has 11 heteroatoms. The molecule has 0 saturated heterocycles. The van der Waals surface area contributed by atoms with E-state index in [9.17, 15) is 19.7 Å². The highest BCUT2D eigenvalue weighted by Crippen LogP contribution is 2.18. The van der Waals surface area contributed by atoms with Gasteiger partial charge < -0.3 is 11.2 Å². The molecule has 1 aromatic carbocycles. The number of rotatable bonds is 5. The van der Waals surface area contributed by atoms with E-state index >= 15 is 0 Å². The number of non-ortho nitro benzene ring substituents is 1. The van der Waals surface area contributed by atoms with Gasteiger partial charge in [-0.25, -0.2) is 0 Å². The Bertz CT molecular complexity index is 777. The van der Waals surface area contributed by atoms with Crippen molar-refractivity contribution < 1.29 is 9.72 Å². The standard InChI is InChI=1S/C11H10N6O4S/c12-16-10(19)5-13-15-11(16)22-6-9(18)14-7-2-1-3-8(4-7)17(20)21/h1-5H,6,12H2,(H,14,18). The van der Waals surface area contributed by atoms with Crippen molar-refractivity contribution in [2.24, 2.45) is 0 Å². The van der Waals surface area contributed by atoms with E-state index in [0.717, 1.165) is 22.6 Å². The van der Waals surface area contributed by atoms with Gasteiger partial charge in [0.1, 0.15) is 6.20 Å². The molecule has 3 N–H and O–H groups in total. The average Bonchev–Trinajstić information content (AvgIpc) is 2.49. The van der Waals surface area contributed by atoms with Gasteiger partial charge in [0.2, 0.25) is 11.1 Å². The summed E-state index contributed by atoms with van der Waals surface area (Å²) >= 11 is 0.917. The molecule has 0 unspecified atom stereocenters. The van der Waals surface area contributed by atoms with Gasteiger partial charge in [0, 0.05) is 17.8 Å². The summed E-state index contributed by atoms with van der Waals surface area (Å²) in [4.78, 5) is 33.1. The molecule has 22 heavy (non-hydrogen) atoms. The van der Waals surface area contributed by atoms with Gasteiger partial charge in [-0.3, -0.25) is 19.7 Å². The van der Waals surface area contributed by atoms with Crippen LogP contribution in [0.3, 0.4) is 0 Å². The maximum Gasteiger partial charge on any atom is 0.291 e. The predicted octanol–water partition coefficient (Wildman–Crippen LogP) is -0.00890. The van der Waals surface area contributed by atoms with Crippen LogP contribution in [0.1, 0.15) is 0 Å². The molecule has 0 aliphatic carbocycles. The maximum atomic E-state index is 11.8. The lowest BCUT2D eigenvalue weighted by molar-refractivity contribution is -0.384. The Labute approximate surface area is 127 Å². The van der Waals surface area contributed by atoms with Gasteiger partial charge in [-0.1, -0.05) is 17.8 Å². The molecular weight excluding hydrogens is 312 g/mol. The van der Waals surface area contributed by atoms with Crippen molar-refractivity contribution in [2.45, 2.75) is 5.16 Å². The number of hydrogen-bond donors (Lipinski definition) is 2. The number of nitrogens with zero attached hydrogens (tertiary/aromatic N) is 4. The Balaban J connectivity index is 1.99. The van der Waals surface area contributed by atoms with Crippen LogP contribution in [0.5, 0.6) is 0 Å². The molecular formula is C11H10N6O4S. The monoisotopic (exact) mass is 322 g/mol. The van der Waals surface area contributed by atoms with Crippen molar-refractivity contribution in [2.75, 3.05) is 16.9 Å². The van der Waals surface area contributed by atoms with Crippen LogP contribution in [0, 0.1) is 10.1 Å². The van der Waals surface area contributed by atoms with E-state index in [1.807, 2.05) is 0 Å². The van der Waals surface area contributed by atoms with Gasteiger partial charge in [-0.05, 0) is 6.07 Å². The van der Waals surface area contributed by atoms with E-state index < -0.39 is 16.4 Å². The molecule has 114 valence electrons. The summed E-state index contributed by atoms with van der Waals surface area (Å²) in [5.74, 6) is 4.94. The fourth-order valence-corrected chi connectivity index (χ4v) is 2.12. The number of thioether (sulfide) groups is 1. The minimum atomic E-state index is -0.558. The predicted molar refractivity (Wildman–Crippen MR) is 78.9 cm³/mol. The molecule has 1 heterocycles. The molecule has 1 aromatic heterocycles. The fraction of sp³-hybridized carbons (Fsp3) is 0.0909. The normalized spacial score (nSPS) is 10.2. The smallest absolute Gasteiger partial charge is 0.291 e. The zero-order chi connectivity index (χ0) is 16.1. The number of anilines is 1. The average molecular weight is 322 g/mol. The quantitative estimate of drug-likeness (QED) is 0.338. The number of nitrogen functional groups attached to an aromatic ring is 1. The second-order valence-electron chi connectivity index (χ2n) is 3.98. The minimum absolute atomic E-state index is 0.0849. The molecule has 0 saturated carbocycles. The first-order valence-corrected chi connectivity index (χ1v) is 6.83. The Morgan fingerprint density at radius 2 is 2.27 bits per heavy atom. The Morgan fingerprint density at radius 1 is 1.50 bits per heavy atom. The van der Waals surface area contributed by atoms with E-state index in [0.29, 0.717) is 5.69 Å². The van der Waals surface area contributed by atoms with Gasteiger partial charge in [-0.2, -0.15) is 9.77 Å². The van der Waals surface area contributed by atoms with Crippen LogP contribution in [-0.2, 0) is 4.79 Å². The Morgan fingerprint density at radius 3 is 3.00 bits per heavy atom. The van der Waals surface area contributed by atoms with Crippen molar-refractivity contribution >= 4 is 29.0 Å². The highest BCUT2D eigenvalue weighted by Gasteiger charge is 2.10. The first kappa shape index (κ1) is 15.4. The first-order chi connectivity index (χ1) is 10.5. The molecule has 0 atom stereocenters. The van der Waals surface area contributed by atoms with Gasteiger partial charge in [-0.15, -0.1) is 5.10 Å². The Hall–Kier alpha value is -2.95. The largest absolute Gasteiger partial charge is 0.334 e. The van der Waals surface area contributed by atoms with E-state index in [-0.39, 0.29) is 16.6 Å². The molecule has 2 aromatic rings. The molecule has 2 rings (SSSR count). The summed E-state index contributed by atoms with van der Waals surface area (Å²) < 4.78 is 0.776. The van der Waals surface area contributed by atoms with Gasteiger partial charge in [0.25, 0.3) is 11.2 Å². The van der Waals surface area contributed by atoms with E-state index in [1.54, 1.807) is 0 Å². The van der Waals surface area contributed by atoms with E-state index in [2.05, 4.69) is 15.5 Å². The molecule has 0 fully saturated rings. The number of carbonyl (C=O) groups is 1. The molecule has 0 aliphatic rings. The first-order valence-electron chi connectivity index (χ1n) is 5.84. The molecule has 0 spiro atoms. The summed E-state index contributed by atoms with van der Waals surface area (Å²) in [6.07, 6.45) is 0.952. The molecule has 0 aliphatic heterocycles. The lowest BCUT2D eigenvalue weighted by atomic mass is 10.3. The summed E-state index contributed by atoms with van der Waals surface area (Å²) in [6.45, 7) is 0. The van der Waals surface area contributed by atoms with Crippen LogP contribution >= 0.6 is 11.8 Å². The third-order valence-corrected chi connectivity index (χ3v) is 3.37. The zero-order valence-electron chi connectivity index (χ0n) is 11.0. The number of hydrogen-bond acceptors (Lipinski definition) is 8. The zero-order valence-corrected chi connectivity index (χ0v) is 11.8. The van der Waals surface area contributed by atoms with Crippen molar-refractivity contribution in [1.29, 1.82) is 0 Å². The maximum absolute atomic E-state index is 11.8. The number of nitro benzene ring substituents is 1. The number of carbonyl (C=O) groups excluding carboxylic acids is 1. The number of aromatic nitrogens is 3. The molecule has 0 radical (unpaired) electrons. The van der Waals surface area contributed by atoms with Gasteiger partial charge in [0.05, 0.1) is 10.7 Å². The van der Waals surface area contributed by atoms with Crippen molar-refractivity contribution in [3.05, 3.63) is 50.9 Å². The molecule has 10 nitrogen and oxygen atoms in total. The molecule has 0 bridgehead atoms. The van der Waals surface area contributed by atoms with E-state index in [4.69, 9.17) is 5.84 Å². The lowest BCUT2D eigenvalue weighted by Crippen LogP contribution is -2.30. The summed E-state index contributed by atoms with van der Waals surface area (Å²) in [6, 6.07) is 5.54. The van der Waals surface area contributed by atoms with Crippen LogP contribution in [0.25, 0.3) is 0 Å². The van der Waals surface area contributed by atoms with Crippen LogP contribution < -0.4 is 16.7 Å². The second-order valence-corrected chi connectivity index (χ2v) is 4.92. The van der Waals surface area contributed by atoms with Crippen molar-refractivity contribution in [1.82, 2.24) is 14.9 Å². The third kappa shape index (κ3) is 3.79. The SMILES string of the molecule is Nn1c(SCC(=O)Nc2cccc([N+](=O)[O-])c2)nncc1=O. The summed E-state index contributed by atoms with van der Waals surface area (Å²) in [5.41, 5.74) is -0.379.